The van der Waals surface area contributed by atoms with Gasteiger partial charge in [-0.25, -0.2) is 8.78 Å². The van der Waals surface area contributed by atoms with Crippen LogP contribution in [0.2, 0.25) is 0 Å². The van der Waals surface area contributed by atoms with Crippen LogP contribution in [0.5, 0.6) is 0 Å². The van der Waals surface area contributed by atoms with Crippen LogP contribution < -0.4 is 11.1 Å². The van der Waals surface area contributed by atoms with Crippen LogP contribution in [0.15, 0.2) is 24.3 Å². The number of hydrogen-bond acceptors (Lipinski definition) is 3. The van der Waals surface area contributed by atoms with E-state index in [-0.39, 0.29) is 18.2 Å². The minimum atomic E-state index is -2.44. The number of nitrogens with one attached hydrogen (secondary N) is 1. The van der Waals surface area contributed by atoms with Crippen molar-refractivity contribution in [3.05, 3.63) is 35.4 Å². The highest BCUT2D eigenvalue weighted by molar-refractivity contribution is 5.26. The molecule has 0 aliphatic rings. The third-order valence-electron chi connectivity index (χ3n) is 2.55. The molecule has 0 bridgehead atoms. The fourth-order valence-corrected chi connectivity index (χ4v) is 1.57. The van der Waals surface area contributed by atoms with Gasteiger partial charge >= 0.3 is 0 Å². The number of nitrogens with two attached hydrogens (primary N) is 1. The van der Waals surface area contributed by atoms with Crippen LogP contribution in [0, 0.1) is 0 Å². The smallest absolute Gasteiger partial charge is 0.263 e. The standard InChI is InChI=1S/C12H18F2N2O/c13-12(14)10-4-2-9(3-5-10)11(8-15)16-6-1-7-17/h2-5,11-12,16-17H,1,6-8,15H2. The van der Waals surface area contributed by atoms with E-state index in [0.717, 1.165) is 5.56 Å². The first kappa shape index (κ1) is 14.0. The lowest BCUT2D eigenvalue weighted by Gasteiger charge is -2.17. The van der Waals surface area contributed by atoms with Crippen molar-refractivity contribution in [2.75, 3.05) is 19.7 Å². The van der Waals surface area contributed by atoms with Crippen LogP contribution in [0.3, 0.4) is 0 Å². The van der Waals surface area contributed by atoms with Crippen molar-refractivity contribution in [1.82, 2.24) is 5.32 Å². The molecule has 1 atom stereocenters. The molecule has 0 spiro atoms. The van der Waals surface area contributed by atoms with Gasteiger partial charge in [-0.2, -0.15) is 0 Å². The Kier molecular flexibility index (Phi) is 6.04. The molecule has 0 fully saturated rings. The maximum atomic E-state index is 12.4. The van der Waals surface area contributed by atoms with Crippen molar-refractivity contribution in [1.29, 1.82) is 0 Å². The highest BCUT2D eigenvalue weighted by atomic mass is 19.3. The lowest BCUT2D eigenvalue weighted by atomic mass is 10.0. The fourth-order valence-electron chi connectivity index (χ4n) is 1.57. The molecule has 0 saturated carbocycles. The van der Waals surface area contributed by atoms with E-state index in [9.17, 15) is 8.78 Å². The summed E-state index contributed by atoms with van der Waals surface area (Å²) in [5, 5.41) is 11.8. The van der Waals surface area contributed by atoms with Crippen molar-refractivity contribution in [2.24, 2.45) is 5.73 Å². The minimum absolute atomic E-state index is 0.0138. The normalized spacial score (nSPS) is 13.0. The van der Waals surface area contributed by atoms with Gasteiger partial charge in [-0.05, 0) is 18.5 Å². The number of aliphatic hydroxyl groups excluding tert-OH is 1. The topological polar surface area (TPSA) is 58.3 Å². The first-order valence-corrected chi connectivity index (χ1v) is 5.61. The molecule has 4 N–H and O–H groups in total. The summed E-state index contributed by atoms with van der Waals surface area (Å²) < 4.78 is 24.7. The lowest BCUT2D eigenvalue weighted by Crippen LogP contribution is -2.29. The molecule has 0 amide bonds. The van der Waals surface area contributed by atoms with Crippen molar-refractivity contribution < 1.29 is 13.9 Å². The molecule has 0 radical (unpaired) electrons. The highest BCUT2D eigenvalue weighted by Crippen LogP contribution is 2.20. The first-order chi connectivity index (χ1) is 8.19. The first-order valence-electron chi connectivity index (χ1n) is 5.61. The summed E-state index contributed by atoms with van der Waals surface area (Å²) in [5.41, 5.74) is 6.51. The van der Waals surface area contributed by atoms with E-state index < -0.39 is 6.43 Å². The summed E-state index contributed by atoms with van der Waals surface area (Å²) in [6, 6.07) is 6.08. The van der Waals surface area contributed by atoms with Gasteiger partial charge in [-0.15, -0.1) is 0 Å². The van der Waals surface area contributed by atoms with E-state index in [1.807, 2.05) is 0 Å². The van der Waals surface area contributed by atoms with Gasteiger partial charge in [-0.3, -0.25) is 0 Å². The Labute approximate surface area is 99.6 Å². The number of halogens is 2. The van der Waals surface area contributed by atoms with E-state index in [1.165, 1.54) is 12.1 Å². The summed E-state index contributed by atoms with van der Waals surface area (Å²) in [7, 11) is 0. The molecule has 0 aromatic heterocycles. The number of hydrogen-bond donors (Lipinski definition) is 3. The van der Waals surface area contributed by atoms with Crippen LogP contribution in [0.25, 0.3) is 0 Å². The fraction of sp³-hybridized carbons (Fsp3) is 0.500. The lowest BCUT2D eigenvalue weighted by molar-refractivity contribution is 0.151. The van der Waals surface area contributed by atoms with Gasteiger partial charge in [0, 0.05) is 24.8 Å². The second kappa shape index (κ2) is 7.32. The predicted octanol–water partition coefficient (Wildman–Crippen LogP) is 1.60. The minimum Gasteiger partial charge on any atom is -0.396 e. The third-order valence-corrected chi connectivity index (χ3v) is 2.55. The molecule has 96 valence electrons. The predicted molar refractivity (Wildman–Crippen MR) is 62.9 cm³/mol. The van der Waals surface area contributed by atoms with Gasteiger partial charge in [-0.1, -0.05) is 24.3 Å². The SMILES string of the molecule is NCC(NCCCO)c1ccc(C(F)F)cc1. The molecule has 17 heavy (non-hydrogen) atoms. The molecule has 5 heteroatoms. The molecule has 0 aliphatic carbocycles. The molecule has 0 saturated heterocycles. The monoisotopic (exact) mass is 244 g/mol. The average molecular weight is 244 g/mol. The molecule has 1 rings (SSSR count). The average Bonchev–Trinajstić information content (AvgIpc) is 2.35. The van der Waals surface area contributed by atoms with E-state index in [0.29, 0.717) is 19.5 Å². The number of benzene rings is 1. The largest absolute Gasteiger partial charge is 0.396 e. The summed E-state index contributed by atoms with van der Waals surface area (Å²) in [5.74, 6) is 0. The zero-order valence-corrected chi connectivity index (χ0v) is 9.57. The van der Waals surface area contributed by atoms with Gasteiger partial charge in [0.15, 0.2) is 0 Å². The second-order valence-corrected chi connectivity index (χ2v) is 3.79. The zero-order valence-electron chi connectivity index (χ0n) is 9.57. The summed E-state index contributed by atoms with van der Waals surface area (Å²) >= 11 is 0. The number of rotatable bonds is 7. The Morgan fingerprint density at radius 3 is 2.24 bits per heavy atom. The number of aliphatic hydroxyl groups is 1. The van der Waals surface area contributed by atoms with Crippen molar-refractivity contribution >= 4 is 0 Å². The van der Waals surface area contributed by atoms with Gasteiger partial charge in [0.2, 0.25) is 0 Å². The third kappa shape index (κ3) is 4.38. The summed E-state index contributed by atoms with van der Waals surface area (Å²) in [4.78, 5) is 0. The van der Waals surface area contributed by atoms with Crippen molar-refractivity contribution in [3.8, 4) is 0 Å². The van der Waals surface area contributed by atoms with Crippen LogP contribution in [0.1, 0.15) is 30.0 Å². The van der Waals surface area contributed by atoms with Crippen LogP contribution in [-0.4, -0.2) is 24.8 Å². The molecule has 1 unspecified atom stereocenters. The summed E-state index contributed by atoms with van der Waals surface area (Å²) in [6.45, 7) is 1.16. The molecule has 0 aliphatic heterocycles. The zero-order chi connectivity index (χ0) is 12.7. The maximum absolute atomic E-state index is 12.4. The van der Waals surface area contributed by atoms with E-state index in [4.69, 9.17) is 10.8 Å². The van der Waals surface area contributed by atoms with Gasteiger partial charge in [0.1, 0.15) is 0 Å². The second-order valence-electron chi connectivity index (χ2n) is 3.79. The van der Waals surface area contributed by atoms with E-state index >= 15 is 0 Å². The van der Waals surface area contributed by atoms with Crippen molar-refractivity contribution in [3.63, 3.8) is 0 Å². The summed E-state index contributed by atoms with van der Waals surface area (Å²) in [6.07, 6.45) is -1.80. The Balaban J connectivity index is 2.62. The molecular formula is C12H18F2N2O. The molecular weight excluding hydrogens is 226 g/mol. The quantitative estimate of drug-likeness (QED) is 0.638. The molecule has 1 aromatic rings. The van der Waals surface area contributed by atoms with Gasteiger partial charge in [0.05, 0.1) is 0 Å². The maximum Gasteiger partial charge on any atom is 0.263 e. The number of alkyl halides is 2. The Bertz CT molecular complexity index is 317. The van der Waals surface area contributed by atoms with Crippen LogP contribution in [0.4, 0.5) is 8.78 Å². The van der Waals surface area contributed by atoms with E-state index in [1.54, 1.807) is 12.1 Å². The van der Waals surface area contributed by atoms with Gasteiger partial charge < -0.3 is 16.2 Å². The van der Waals surface area contributed by atoms with Crippen LogP contribution in [-0.2, 0) is 0 Å². The van der Waals surface area contributed by atoms with Crippen molar-refractivity contribution in [2.45, 2.75) is 18.9 Å². The highest BCUT2D eigenvalue weighted by Gasteiger charge is 2.10. The van der Waals surface area contributed by atoms with E-state index in [2.05, 4.69) is 5.32 Å². The van der Waals surface area contributed by atoms with Crippen LogP contribution >= 0.6 is 0 Å². The Hall–Kier alpha value is -1.04. The Morgan fingerprint density at radius 1 is 1.18 bits per heavy atom. The Morgan fingerprint density at radius 2 is 1.76 bits per heavy atom. The van der Waals surface area contributed by atoms with Gasteiger partial charge in [0.25, 0.3) is 6.43 Å². The molecule has 0 heterocycles. The molecule has 3 nitrogen and oxygen atoms in total. The molecule has 1 aromatic carbocycles.